The summed E-state index contributed by atoms with van der Waals surface area (Å²) in [5.41, 5.74) is 3.00. The quantitative estimate of drug-likeness (QED) is 0.413. The predicted octanol–water partition coefficient (Wildman–Crippen LogP) is 5.55. The van der Waals surface area contributed by atoms with Crippen LogP contribution in [0, 0.1) is 0 Å². The minimum atomic E-state index is 0.416. The maximum absolute atomic E-state index is 2.75. The van der Waals surface area contributed by atoms with Gasteiger partial charge >= 0.3 is 0 Å². The first-order valence-corrected chi connectivity index (χ1v) is 10.8. The Morgan fingerprint density at radius 3 is 1.83 bits per heavy atom. The zero-order chi connectivity index (χ0) is 19.4. The molecule has 0 N–H and O–H groups in total. The molecule has 0 spiro atoms. The van der Waals surface area contributed by atoms with E-state index in [4.69, 9.17) is 0 Å². The Morgan fingerprint density at radius 1 is 0.655 bits per heavy atom. The molecule has 7 rings (SSSR count). The van der Waals surface area contributed by atoms with Gasteiger partial charge in [0.15, 0.2) is 0 Å². The topological polar surface area (TPSA) is 3.24 Å². The van der Waals surface area contributed by atoms with Crippen molar-refractivity contribution in [2.45, 2.75) is 12.1 Å². The molecule has 144 valence electrons. The monoisotopic (exact) mass is 379 g/mol. The van der Waals surface area contributed by atoms with Crippen molar-refractivity contribution in [1.82, 2.24) is 4.90 Å². The van der Waals surface area contributed by atoms with Crippen molar-refractivity contribution in [2.24, 2.45) is 0 Å². The number of rotatable bonds is 2. The van der Waals surface area contributed by atoms with Crippen LogP contribution in [0.2, 0.25) is 0 Å². The molecule has 0 aliphatic carbocycles. The lowest BCUT2D eigenvalue weighted by atomic mass is 9.81. The molecule has 0 radical (unpaired) electrons. The van der Waals surface area contributed by atoms with Crippen LogP contribution in [0.15, 0.2) is 84.9 Å². The van der Waals surface area contributed by atoms with Crippen LogP contribution in [-0.4, -0.2) is 42.6 Å². The van der Waals surface area contributed by atoms with Gasteiger partial charge in [0.25, 0.3) is 0 Å². The molecule has 0 saturated carbocycles. The first-order valence-electron chi connectivity index (χ1n) is 10.8. The van der Waals surface area contributed by atoms with E-state index in [0.717, 1.165) is 4.48 Å². The summed E-state index contributed by atoms with van der Waals surface area (Å²) >= 11 is 0. The van der Waals surface area contributed by atoms with Crippen LogP contribution in [-0.2, 0) is 0 Å². The third kappa shape index (κ3) is 2.56. The predicted molar refractivity (Wildman–Crippen MR) is 121 cm³/mol. The summed E-state index contributed by atoms with van der Waals surface area (Å²) in [5, 5.41) is 5.52. The smallest absolute Gasteiger partial charge is 0.135 e. The van der Waals surface area contributed by atoms with Gasteiger partial charge in [-0.2, -0.15) is 0 Å². The van der Waals surface area contributed by atoms with E-state index in [1.54, 1.807) is 0 Å². The summed E-state index contributed by atoms with van der Waals surface area (Å²) in [7, 11) is 2.49. The van der Waals surface area contributed by atoms with Crippen LogP contribution in [0.4, 0.5) is 0 Å². The molecule has 3 aliphatic rings. The van der Waals surface area contributed by atoms with Crippen LogP contribution in [0.3, 0.4) is 0 Å². The lowest BCUT2D eigenvalue weighted by Crippen LogP contribution is -2.67. The van der Waals surface area contributed by atoms with Crippen molar-refractivity contribution in [3.8, 4) is 0 Å². The summed E-state index contributed by atoms with van der Waals surface area (Å²) in [6, 6.07) is 32.4. The molecule has 4 aromatic carbocycles. The van der Waals surface area contributed by atoms with Crippen molar-refractivity contribution in [2.75, 3.05) is 33.2 Å². The van der Waals surface area contributed by atoms with Crippen LogP contribution in [0.1, 0.15) is 23.2 Å². The van der Waals surface area contributed by atoms with E-state index in [-0.39, 0.29) is 0 Å². The second-order valence-corrected chi connectivity index (χ2v) is 8.99. The van der Waals surface area contributed by atoms with E-state index >= 15 is 0 Å². The number of quaternary nitrogens is 1. The van der Waals surface area contributed by atoms with Crippen molar-refractivity contribution < 1.29 is 4.48 Å². The fourth-order valence-corrected chi connectivity index (χ4v) is 5.92. The Kier molecular flexibility index (Phi) is 3.80. The Hall–Kier alpha value is -2.68. The molecular formula is C27H27N2+. The summed E-state index contributed by atoms with van der Waals surface area (Å²) in [4.78, 5) is 2.75. The summed E-state index contributed by atoms with van der Waals surface area (Å²) in [5.74, 6) is 0. The second kappa shape index (κ2) is 6.41. The van der Waals surface area contributed by atoms with E-state index < -0.39 is 0 Å². The van der Waals surface area contributed by atoms with Gasteiger partial charge in [-0.05, 0) is 27.1 Å². The Labute approximate surface area is 172 Å². The zero-order valence-corrected chi connectivity index (χ0v) is 17.0. The number of hydrogen-bond donors (Lipinski definition) is 0. The number of piperazine rings is 3. The average Bonchev–Trinajstić information content (AvgIpc) is 2.78. The number of fused-ring (bicyclic) bond motifs is 5. The van der Waals surface area contributed by atoms with Crippen LogP contribution < -0.4 is 0 Å². The SMILES string of the molecule is C[N+]12CCN(CC1)[C@@H](c1cccc3ccccc13)[C@@H]2c1cccc2ccccc12. The fraction of sp³-hybridized carbons (Fsp3) is 0.259. The summed E-state index contributed by atoms with van der Waals surface area (Å²) < 4.78 is 1.14. The van der Waals surface area contributed by atoms with Gasteiger partial charge in [-0.3, -0.25) is 4.90 Å². The number of likely N-dealkylation sites (N-methyl/N-ethyl adjacent to an activating group) is 1. The molecule has 29 heavy (non-hydrogen) atoms. The van der Waals surface area contributed by atoms with Gasteiger partial charge in [0.1, 0.15) is 6.04 Å². The van der Waals surface area contributed by atoms with Crippen molar-refractivity contribution >= 4 is 21.5 Å². The van der Waals surface area contributed by atoms with E-state index in [0.29, 0.717) is 12.1 Å². The van der Waals surface area contributed by atoms with Crippen molar-refractivity contribution in [1.29, 1.82) is 0 Å². The average molecular weight is 380 g/mol. The Bertz CT molecular complexity index is 1190. The van der Waals surface area contributed by atoms with Crippen LogP contribution >= 0.6 is 0 Å². The standard InChI is InChI=1S/C27H27N2/c1-29-18-16-28(17-19-29)26(24-14-6-10-20-8-2-4-12-22(20)24)27(29)25-15-7-11-21-9-3-5-13-23(21)25/h2-15,26-27H,16-19H2,1H3/q+1/t26-,27-/m0/s1. The van der Waals surface area contributed by atoms with Crippen molar-refractivity contribution in [3.05, 3.63) is 96.1 Å². The second-order valence-electron chi connectivity index (χ2n) is 8.99. The molecule has 0 amide bonds. The van der Waals surface area contributed by atoms with Gasteiger partial charge < -0.3 is 4.48 Å². The summed E-state index contributed by atoms with van der Waals surface area (Å²) in [6.45, 7) is 4.83. The van der Waals surface area contributed by atoms with Gasteiger partial charge in [-0.15, -0.1) is 0 Å². The highest BCUT2D eigenvalue weighted by atomic mass is 15.5. The molecular weight excluding hydrogens is 352 g/mol. The molecule has 4 aromatic rings. The first-order chi connectivity index (χ1) is 14.2. The van der Waals surface area contributed by atoms with Gasteiger partial charge in [0.05, 0.1) is 26.2 Å². The number of nitrogens with zero attached hydrogens (tertiary/aromatic N) is 2. The molecule has 2 bridgehead atoms. The van der Waals surface area contributed by atoms with Crippen molar-refractivity contribution in [3.63, 3.8) is 0 Å². The van der Waals surface area contributed by atoms with Gasteiger partial charge in [-0.25, -0.2) is 0 Å². The minimum absolute atomic E-state index is 0.416. The third-order valence-corrected chi connectivity index (χ3v) is 7.44. The fourth-order valence-electron chi connectivity index (χ4n) is 5.92. The molecule has 2 nitrogen and oxygen atoms in total. The first kappa shape index (κ1) is 17.2. The molecule has 3 heterocycles. The van der Waals surface area contributed by atoms with Crippen LogP contribution in [0.5, 0.6) is 0 Å². The Morgan fingerprint density at radius 2 is 1.17 bits per heavy atom. The van der Waals surface area contributed by atoms with E-state index in [1.807, 2.05) is 0 Å². The lowest BCUT2D eigenvalue weighted by Gasteiger charge is -2.58. The number of benzene rings is 4. The molecule has 0 unspecified atom stereocenters. The maximum atomic E-state index is 2.75. The number of hydrogen-bond acceptors (Lipinski definition) is 1. The van der Waals surface area contributed by atoms with E-state index in [1.165, 1.54) is 58.9 Å². The molecule has 3 fully saturated rings. The van der Waals surface area contributed by atoms with E-state index in [9.17, 15) is 0 Å². The minimum Gasteiger partial charge on any atom is -0.316 e. The van der Waals surface area contributed by atoms with E-state index in [2.05, 4.69) is 96.9 Å². The maximum Gasteiger partial charge on any atom is 0.135 e. The largest absolute Gasteiger partial charge is 0.316 e. The Balaban J connectivity index is 1.62. The molecule has 3 aliphatic heterocycles. The molecule has 2 atom stereocenters. The van der Waals surface area contributed by atoms with Crippen LogP contribution in [0.25, 0.3) is 21.5 Å². The normalized spacial score (nSPS) is 28.8. The third-order valence-electron chi connectivity index (χ3n) is 7.44. The molecule has 2 heteroatoms. The highest BCUT2D eigenvalue weighted by molar-refractivity contribution is 5.88. The van der Waals surface area contributed by atoms with Gasteiger partial charge in [0.2, 0.25) is 0 Å². The highest BCUT2D eigenvalue weighted by Crippen LogP contribution is 2.50. The van der Waals surface area contributed by atoms with Gasteiger partial charge in [-0.1, -0.05) is 84.9 Å². The lowest BCUT2D eigenvalue weighted by molar-refractivity contribution is -0.958. The zero-order valence-electron chi connectivity index (χ0n) is 17.0. The highest BCUT2D eigenvalue weighted by Gasteiger charge is 2.52. The van der Waals surface area contributed by atoms with Gasteiger partial charge in [0, 0.05) is 18.7 Å². The summed E-state index contributed by atoms with van der Waals surface area (Å²) in [6.07, 6.45) is 0. The molecule has 3 saturated heterocycles. The molecule has 0 aromatic heterocycles.